The largest absolute Gasteiger partial charge is 0.355 e. The van der Waals surface area contributed by atoms with Gasteiger partial charge in [0.2, 0.25) is 0 Å². The Bertz CT molecular complexity index is 576. The van der Waals surface area contributed by atoms with Crippen molar-refractivity contribution in [3.05, 3.63) is 17.3 Å². The second kappa shape index (κ2) is 6.06. The van der Waals surface area contributed by atoms with Crippen LogP contribution >= 0.6 is 11.3 Å². The number of aromatic nitrogens is 2. The van der Waals surface area contributed by atoms with Gasteiger partial charge in [0.1, 0.15) is 12.1 Å². The molecule has 0 spiro atoms. The number of rotatable bonds is 6. The zero-order chi connectivity index (χ0) is 14.8. The Kier molecular flexibility index (Phi) is 4.60. The van der Waals surface area contributed by atoms with Gasteiger partial charge in [-0.05, 0) is 36.2 Å². The quantitative estimate of drug-likeness (QED) is 0.888. The van der Waals surface area contributed by atoms with Gasteiger partial charge in [-0.1, -0.05) is 20.8 Å². The minimum atomic E-state index is 0.0821. The highest BCUT2D eigenvalue weighted by molar-refractivity contribution is 7.18. The number of hydrogen-bond acceptors (Lipinski definition) is 5. The fourth-order valence-corrected chi connectivity index (χ4v) is 3.31. The molecule has 0 amide bonds. The fourth-order valence-electron chi connectivity index (χ4n) is 2.29. The smallest absolute Gasteiger partial charge is 0.150 e. The first-order valence-electron chi connectivity index (χ1n) is 7.12. The maximum atomic E-state index is 5.89. The summed E-state index contributed by atoms with van der Waals surface area (Å²) in [6, 6.07) is 0. The molecule has 0 saturated carbocycles. The second-order valence-corrected chi connectivity index (χ2v) is 6.96. The van der Waals surface area contributed by atoms with Crippen LogP contribution in [0.3, 0.4) is 0 Å². The number of aryl methyl sites for hydroxylation is 1. The summed E-state index contributed by atoms with van der Waals surface area (Å²) in [5, 5.41) is 2.15. The van der Waals surface area contributed by atoms with Gasteiger partial charge in [0.05, 0.1) is 10.2 Å². The van der Waals surface area contributed by atoms with Crippen molar-refractivity contribution in [2.45, 2.75) is 34.1 Å². The lowest BCUT2D eigenvalue weighted by atomic mass is 9.93. The molecule has 0 saturated heterocycles. The molecule has 110 valence electrons. The number of thiophene rings is 1. The Morgan fingerprint density at radius 2 is 2.10 bits per heavy atom. The average Bonchev–Trinajstić information content (AvgIpc) is 2.80. The maximum absolute atomic E-state index is 5.89. The van der Waals surface area contributed by atoms with E-state index in [4.69, 9.17) is 5.73 Å². The Morgan fingerprint density at radius 1 is 1.35 bits per heavy atom. The number of anilines is 1. The van der Waals surface area contributed by atoms with Gasteiger partial charge in [0.15, 0.2) is 0 Å². The monoisotopic (exact) mass is 292 g/mol. The SMILES string of the molecule is CCCN(CC(C)(C)CN)c1ncnc2c(C)csc12. The summed E-state index contributed by atoms with van der Waals surface area (Å²) in [4.78, 5) is 11.3. The number of nitrogens with zero attached hydrogens (tertiary/aromatic N) is 3. The minimum absolute atomic E-state index is 0.0821. The minimum Gasteiger partial charge on any atom is -0.355 e. The molecule has 0 aliphatic carbocycles. The molecular weight excluding hydrogens is 268 g/mol. The summed E-state index contributed by atoms with van der Waals surface area (Å²) in [6.45, 7) is 11.3. The van der Waals surface area contributed by atoms with Gasteiger partial charge >= 0.3 is 0 Å². The molecule has 2 N–H and O–H groups in total. The summed E-state index contributed by atoms with van der Waals surface area (Å²) in [5.41, 5.74) is 8.27. The average molecular weight is 292 g/mol. The molecular formula is C15H24N4S. The van der Waals surface area contributed by atoms with Crippen LogP contribution in [0.2, 0.25) is 0 Å². The maximum Gasteiger partial charge on any atom is 0.150 e. The molecule has 2 rings (SSSR count). The summed E-state index contributed by atoms with van der Waals surface area (Å²) in [7, 11) is 0. The predicted molar refractivity (Wildman–Crippen MR) is 87.5 cm³/mol. The van der Waals surface area contributed by atoms with E-state index in [1.165, 1.54) is 10.3 Å². The standard InChI is InChI=1S/C15H24N4S/c1-5-6-19(9-15(3,4)8-16)14-13-12(17-10-18-14)11(2)7-20-13/h7,10H,5-6,8-9,16H2,1-4H3. The van der Waals surface area contributed by atoms with E-state index in [2.05, 4.69) is 47.9 Å². The lowest BCUT2D eigenvalue weighted by Gasteiger charge is -2.32. The molecule has 0 aliphatic rings. The molecule has 0 unspecified atom stereocenters. The predicted octanol–water partition coefficient (Wildman–Crippen LogP) is 3.20. The third-order valence-electron chi connectivity index (χ3n) is 3.48. The molecule has 2 aromatic rings. The van der Waals surface area contributed by atoms with Crippen LogP contribution in [0.5, 0.6) is 0 Å². The van der Waals surface area contributed by atoms with E-state index < -0.39 is 0 Å². The van der Waals surface area contributed by atoms with Crippen LogP contribution in [0.25, 0.3) is 10.2 Å². The van der Waals surface area contributed by atoms with E-state index in [9.17, 15) is 0 Å². The van der Waals surface area contributed by atoms with Gasteiger partial charge in [-0.25, -0.2) is 9.97 Å². The molecule has 5 heteroatoms. The van der Waals surface area contributed by atoms with Crippen LogP contribution in [-0.4, -0.2) is 29.6 Å². The highest BCUT2D eigenvalue weighted by atomic mass is 32.1. The van der Waals surface area contributed by atoms with E-state index in [0.29, 0.717) is 6.54 Å². The highest BCUT2D eigenvalue weighted by Crippen LogP contribution is 2.32. The Morgan fingerprint density at radius 3 is 2.75 bits per heavy atom. The third kappa shape index (κ3) is 3.10. The van der Waals surface area contributed by atoms with E-state index in [1.54, 1.807) is 17.7 Å². The number of fused-ring (bicyclic) bond motifs is 1. The normalized spacial score (nSPS) is 12.1. The third-order valence-corrected chi connectivity index (χ3v) is 4.56. The molecule has 0 bridgehead atoms. The van der Waals surface area contributed by atoms with Crippen molar-refractivity contribution < 1.29 is 0 Å². The van der Waals surface area contributed by atoms with Crippen LogP contribution in [0.15, 0.2) is 11.7 Å². The summed E-state index contributed by atoms with van der Waals surface area (Å²) in [5.74, 6) is 1.05. The Labute approximate surface area is 125 Å². The van der Waals surface area contributed by atoms with Gasteiger partial charge in [-0.3, -0.25) is 0 Å². The number of hydrogen-bond donors (Lipinski definition) is 1. The van der Waals surface area contributed by atoms with Crippen molar-refractivity contribution in [3.8, 4) is 0 Å². The molecule has 0 aliphatic heterocycles. The van der Waals surface area contributed by atoms with E-state index >= 15 is 0 Å². The second-order valence-electron chi connectivity index (χ2n) is 6.08. The fraction of sp³-hybridized carbons (Fsp3) is 0.600. The molecule has 20 heavy (non-hydrogen) atoms. The van der Waals surface area contributed by atoms with Crippen LogP contribution < -0.4 is 10.6 Å². The first-order valence-corrected chi connectivity index (χ1v) is 8.00. The van der Waals surface area contributed by atoms with Gasteiger partial charge in [0, 0.05) is 13.1 Å². The molecule has 4 nitrogen and oxygen atoms in total. The van der Waals surface area contributed by atoms with Crippen LogP contribution in [0.4, 0.5) is 5.82 Å². The van der Waals surface area contributed by atoms with E-state index in [0.717, 1.165) is 30.8 Å². The van der Waals surface area contributed by atoms with Gasteiger partial charge in [0.25, 0.3) is 0 Å². The van der Waals surface area contributed by atoms with Crippen LogP contribution in [0.1, 0.15) is 32.8 Å². The first-order chi connectivity index (χ1) is 9.48. The van der Waals surface area contributed by atoms with Crippen molar-refractivity contribution in [2.75, 3.05) is 24.5 Å². The molecule has 0 atom stereocenters. The van der Waals surface area contributed by atoms with Crippen LogP contribution in [0, 0.1) is 12.3 Å². The topological polar surface area (TPSA) is 55.0 Å². The highest BCUT2D eigenvalue weighted by Gasteiger charge is 2.23. The lowest BCUT2D eigenvalue weighted by molar-refractivity contribution is 0.377. The molecule has 2 aromatic heterocycles. The van der Waals surface area contributed by atoms with E-state index in [1.807, 2.05) is 0 Å². The van der Waals surface area contributed by atoms with Crippen molar-refractivity contribution in [1.82, 2.24) is 9.97 Å². The van der Waals surface area contributed by atoms with E-state index in [-0.39, 0.29) is 5.41 Å². The van der Waals surface area contributed by atoms with Gasteiger partial charge in [-0.2, -0.15) is 0 Å². The van der Waals surface area contributed by atoms with Gasteiger partial charge in [-0.15, -0.1) is 11.3 Å². The zero-order valence-electron chi connectivity index (χ0n) is 12.8. The molecule has 0 radical (unpaired) electrons. The molecule has 0 fully saturated rings. The zero-order valence-corrected chi connectivity index (χ0v) is 13.6. The summed E-state index contributed by atoms with van der Waals surface area (Å²) >= 11 is 1.73. The van der Waals surface area contributed by atoms with Gasteiger partial charge < -0.3 is 10.6 Å². The Balaban J connectivity index is 2.41. The van der Waals surface area contributed by atoms with Crippen molar-refractivity contribution in [2.24, 2.45) is 11.1 Å². The molecule has 2 heterocycles. The van der Waals surface area contributed by atoms with Crippen molar-refractivity contribution >= 4 is 27.4 Å². The van der Waals surface area contributed by atoms with Crippen molar-refractivity contribution in [3.63, 3.8) is 0 Å². The number of nitrogens with two attached hydrogens (primary N) is 1. The summed E-state index contributed by atoms with van der Waals surface area (Å²) in [6.07, 6.45) is 2.77. The summed E-state index contributed by atoms with van der Waals surface area (Å²) < 4.78 is 1.19. The molecule has 0 aromatic carbocycles. The lowest BCUT2D eigenvalue weighted by Crippen LogP contribution is -2.39. The Hall–Kier alpha value is -1.20. The first kappa shape index (κ1) is 15.2. The van der Waals surface area contributed by atoms with Crippen LogP contribution in [-0.2, 0) is 0 Å². The van der Waals surface area contributed by atoms with Crippen molar-refractivity contribution in [1.29, 1.82) is 0 Å².